The van der Waals surface area contributed by atoms with Gasteiger partial charge in [-0.3, -0.25) is 0 Å². The number of rotatable bonds is 6. The Hall–Kier alpha value is -4.76. The molecule has 0 saturated heterocycles. The van der Waals surface area contributed by atoms with E-state index in [-0.39, 0.29) is 155 Å². The van der Waals surface area contributed by atoms with Crippen molar-refractivity contribution in [3.05, 3.63) is 263 Å². The molecule has 0 saturated carbocycles. The van der Waals surface area contributed by atoms with E-state index in [9.17, 15) is 0 Å². The molecule has 5 heteroatoms. The molecular weight excluding hydrogens is 1370 g/mol. The molecule has 0 amide bonds. The van der Waals surface area contributed by atoms with Crippen molar-refractivity contribution in [3.8, 4) is 0 Å². The van der Waals surface area contributed by atoms with Crippen molar-refractivity contribution in [2.45, 2.75) is 295 Å². The van der Waals surface area contributed by atoms with E-state index in [1.54, 1.807) is 6.92 Å². The maximum absolute atomic E-state index is 4.40. The summed E-state index contributed by atoms with van der Waals surface area (Å²) in [6.45, 7) is 76.7. The van der Waals surface area contributed by atoms with Gasteiger partial charge in [-0.2, -0.15) is 6.92 Å². The van der Waals surface area contributed by atoms with Crippen LogP contribution in [0, 0.1) is 203 Å². The maximum Gasteiger partial charge on any atom is 3.00 e. The first-order chi connectivity index (χ1) is 41.3. The first kappa shape index (κ1) is 129. The predicted molar refractivity (Wildman–Crippen MR) is 479 cm³/mol. The van der Waals surface area contributed by atoms with Crippen LogP contribution in [0.3, 0.4) is 0 Å². The van der Waals surface area contributed by atoms with Crippen molar-refractivity contribution in [2.75, 3.05) is 9.80 Å². The molecule has 0 N–H and O–H groups in total. The standard InChI is InChI=1S/C28H35N.C23H25N.C21H26N.5C2H6.C2H5.8CH4.4CH3.2Y/c1-16-18(3)22(7)27(23(8)19(16)4)29(26-14-12-11-13-15-26)28-24(9)20(5)17(2)21(6)25(28)10;1-16-17(2)19(4)23(20(5)18(16)3)24(21-12-8-6-9-13-21)22-14-10-7-11-15-22;1-10-12(3)16(7)20-18(14(10)5)19-15(6)11(2)13(4)17(8)21(19)22(20)9;6*1-2;;;;;;;;;;;;;;/h11-15H,1-10H3;6-15H,1-5H3;9H2,1-8H3;5*1-2H3;1H2,2H3;8*1H4;4*1H3;;/q;;-1;;;;;;-1;;;;;;;;;4*-1;2*+3. The predicted octanol–water partition coefficient (Wildman–Crippen LogP) is 33.7. The molecule has 0 bridgehead atoms. The SMILES string of the molecule is C.C.C.C.C.C.C.C.CC.CC.CC.CC.CC.Cc1c(C)c(C)c(N(c2ccccc2)c2c(C)c(C)c(C)c(C)c2C)c(C)c1C.Cc1c(C)c(C)c(N(c2ccccc2)c2ccccc2)c(C)c1C.[CH2-]C.[CH2-]n1c2c(C)c(C)c(C)c(C)c2c2c(C)c(C)c(C)c(C)c21.[CH3-].[CH3-].[CH3-].[CH3-].[Y+3].[Y+3]. The molecule has 0 spiro atoms. The summed E-state index contributed by atoms with van der Waals surface area (Å²) < 4.78 is 2.17. The van der Waals surface area contributed by atoms with E-state index < -0.39 is 0 Å². The molecule has 570 valence electrons. The molecule has 101 heavy (non-hydrogen) atoms. The van der Waals surface area contributed by atoms with Gasteiger partial charge in [0.25, 0.3) is 0 Å². The van der Waals surface area contributed by atoms with Gasteiger partial charge in [0, 0.05) is 17.1 Å². The van der Waals surface area contributed by atoms with Gasteiger partial charge in [0.1, 0.15) is 0 Å². The molecular formula is C96H165N3Y2. The summed E-state index contributed by atoms with van der Waals surface area (Å²) in [7, 11) is 4.40. The van der Waals surface area contributed by atoms with Crippen molar-refractivity contribution >= 4 is 55.9 Å². The number of fused-ring (bicyclic) bond motifs is 3. The van der Waals surface area contributed by atoms with Gasteiger partial charge >= 0.3 is 65.4 Å². The minimum absolute atomic E-state index is 0. The Kier molecular flexibility index (Phi) is 77.3. The van der Waals surface area contributed by atoms with Crippen LogP contribution in [0.4, 0.5) is 34.1 Å². The molecule has 0 aliphatic carbocycles. The van der Waals surface area contributed by atoms with E-state index in [1.165, 1.54) is 184 Å². The molecule has 1 heterocycles. The minimum Gasteiger partial charge on any atom is -0.480 e. The van der Waals surface area contributed by atoms with E-state index in [4.69, 9.17) is 0 Å². The average Bonchev–Trinajstić information content (AvgIpc) is 1.61. The van der Waals surface area contributed by atoms with Gasteiger partial charge in [-0.1, -0.05) is 238 Å². The van der Waals surface area contributed by atoms with Gasteiger partial charge in [0.05, 0.1) is 17.1 Å². The number of anilines is 6. The number of hydrogen-bond acceptors (Lipinski definition) is 2. The number of aromatic nitrogens is 1. The van der Waals surface area contributed by atoms with Gasteiger partial charge < -0.3 is 51.0 Å². The summed E-state index contributed by atoms with van der Waals surface area (Å²) in [5, 5.41) is 2.80. The number of nitrogens with zero attached hydrogens (tertiary/aromatic N) is 3. The first-order valence-corrected chi connectivity index (χ1v) is 32.8. The van der Waals surface area contributed by atoms with Crippen LogP contribution in [0.1, 0.15) is 264 Å². The van der Waals surface area contributed by atoms with Crippen molar-refractivity contribution in [3.63, 3.8) is 0 Å². The average molecular weight is 1540 g/mol. The number of benzene rings is 8. The van der Waals surface area contributed by atoms with Crippen LogP contribution < -0.4 is 9.80 Å². The van der Waals surface area contributed by atoms with E-state index in [2.05, 4.69) is 279 Å². The van der Waals surface area contributed by atoms with Gasteiger partial charge in [-0.05, 0) is 290 Å². The zero-order valence-corrected chi connectivity index (χ0v) is 72.7. The molecule has 9 rings (SSSR count). The number of aryl methyl sites for hydroxylation is 4. The van der Waals surface area contributed by atoms with Gasteiger partial charge in [0.15, 0.2) is 0 Å². The van der Waals surface area contributed by atoms with Crippen LogP contribution in [0.2, 0.25) is 0 Å². The van der Waals surface area contributed by atoms with Crippen molar-refractivity contribution in [1.29, 1.82) is 0 Å². The van der Waals surface area contributed by atoms with E-state index >= 15 is 0 Å². The minimum atomic E-state index is 0. The Bertz CT molecular complexity index is 3400. The van der Waals surface area contributed by atoms with Crippen LogP contribution in [-0.4, -0.2) is 4.57 Å². The number of para-hydroxylation sites is 3. The summed E-state index contributed by atoms with van der Waals surface area (Å²) in [5.41, 5.74) is 41.9. The second-order valence-electron chi connectivity index (χ2n) is 22.0. The van der Waals surface area contributed by atoms with Crippen LogP contribution in [-0.2, 0) is 65.4 Å². The Morgan fingerprint density at radius 1 is 0.218 bits per heavy atom. The fraction of sp³-hybridized carbons (Fsp3) is 0.438. The molecule has 1 aromatic heterocycles. The van der Waals surface area contributed by atoms with Crippen LogP contribution in [0.15, 0.2) is 91.0 Å². The van der Waals surface area contributed by atoms with Crippen LogP contribution in [0.5, 0.6) is 0 Å². The molecule has 3 nitrogen and oxygen atoms in total. The number of hydrogen-bond donors (Lipinski definition) is 0. The third-order valence-corrected chi connectivity index (χ3v) is 18.7. The quantitative estimate of drug-likeness (QED) is 0.154. The molecule has 0 radical (unpaired) electrons. The fourth-order valence-corrected chi connectivity index (χ4v) is 11.9. The fourth-order valence-electron chi connectivity index (χ4n) is 11.9. The maximum atomic E-state index is 4.40. The molecule has 0 unspecified atom stereocenters. The van der Waals surface area contributed by atoms with Crippen molar-refractivity contribution < 1.29 is 65.4 Å². The van der Waals surface area contributed by atoms with Gasteiger partial charge in [-0.15, -0.1) is 7.05 Å². The largest absolute Gasteiger partial charge is 3.00 e. The Balaban J connectivity index is -0.0000000821. The summed E-state index contributed by atoms with van der Waals surface area (Å²) in [6.07, 6.45) is 0. The molecule has 0 atom stereocenters. The Morgan fingerprint density at radius 3 is 0.545 bits per heavy atom. The van der Waals surface area contributed by atoms with E-state index in [1.807, 2.05) is 69.2 Å². The summed E-state index contributed by atoms with van der Waals surface area (Å²) >= 11 is 0. The van der Waals surface area contributed by atoms with Gasteiger partial charge in [-0.25, -0.2) is 0 Å². The smallest absolute Gasteiger partial charge is 0.480 e. The summed E-state index contributed by atoms with van der Waals surface area (Å²) in [6, 6.07) is 32.1. The second-order valence-corrected chi connectivity index (χ2v) is 22.0. The third kappa shape index (κ3) is 27.0. The molecule has 0 aliphatic heterocycles. The Morgan fingerprint density at radius 2 is 0.356 bits per heavy atom. The third-order valence-electron chi connectivity index (χ3n) is 18.7. The molecule has 0 fully saturated rings. The van der Waals surface area contributed by atoms with Crippen LogP contribution in [0.25, 0.3) is 21.8 Å². The zero-order valence-electron chi connectivity index (χ0n) is 67.1. The van der Waals surface area contributed by atoms with Gasteiger partial charge in [0.2, 0.25) is 0 Å². The van der Waals surface area contributed by atoms with E-state index in [0.29, 0.717) is 0 Å². The molecule has 9 aromatic rings. The Labute approximate surface area is 686 Å². The molecule has 8 aromatic carbocycles. The van der Waals surface area contributed by atoms with Crippen molar-refractivity contribution in [2.24, 2.45) is 0 Å². The summed E-state index contributed by atoms with van der Waals surface area (Å²) in [4.78, 5) is 4.89. The monoisotopic (exact) mass is 1540 g/mol. The second kappa shape index (κ2) is 60.5. The first-order valence-electron chi connectivity index (χ1n) is 32.8. The van der Waals surface area contributed by atoms with Crippen LogP contribution >= 0.6 is 0 Å². The molecule has 0 aliphatic rings. The normalized spacial score (nSPS) is 8.66. The summed E-state index contributed by atoms with van der Waals surface area (Å²) in [5.74, 6) is 0. The van der Waals surface area contributed by atoms with E-state index in [0.717, 1.165) is 0 Å². The van der Waals surface area contributed by atoms with Crippen molar-refractivity contribution in [1.82, 2.24) is 4.57 Å². The topological polar surface area (TPSA) is 11.4 Å². The zero-order chi connectivity index (χ0) is 67.4.